The van der Waals surface area contributed by atoms with Crippen molar-refractivity contribution in [1.29, 1.82) is 0 Å². The molecule has 1 saturated heterocycles. The first-order valence-corrected chi connectivity index (χ1v) is 7.84. The summed E-state index contributed by atoms with van der Waals surface area (Å²) in [5.41, 5.74) is 2.75. The van der Waals surface area contributed by atoms with Crippen LogP contribution in [0.4, 0.5) is 4.79 Å². The number of nitrogens with zero attached hydrogens (tertiary/aromatic N) is 2. The Balaban J connectivity index is 1.75. The maximum atomic E-state index is 12.3. The van der Waals surface area contributed by atoms with Gasteiger partial charge in [0.25, 0.3) is 0 Å². The van der Waals surface area contributed by atoms with Gasteiger partial charge in [-0.05, 0) is 57.7 Å². The molecule has 118 valence electrons. The molecule has 0 radical (unpaired) electrons. The number of likely N-dealkylation sites (tertiary alicyclic amines) is 1. The number of fused-ring (bicyclic) bond motifs is 1. The monoisotopic (exact) mass is 301 g/mol. The Kier molecular flexibility index (Phi) is 3.81. The highest BCUT2D eigenvalue weighted by atomic mass is 16.6. The van der Waals surface area contributed by atoms with E-state index in [1.54, 1.807) is 6.20 Å². The van der Waals surface area contributed by atoms with Crippen molar-refractivity contribution in [1.82, 2.24) is 14.9 Å². The fourth-order valence-electron chi connectivity index (χ4n) is 3.03. The third-order valence-electron chi connectivity index (χ3n) is 3.97. The van der Waals surface area contributed by atoms with Gasteiger partial charge in [0.1, 0.15) is 5.60 Å². The molecular formula is C17H23N3O2. The summed E-state index contributed by atoms with van der Waals surface area (Å²) < 4.78 is 5.52. The van der Waals surface area contributed by atoms with Crippen LogP contribution in [0, 0.1) is 0 Å². The molecule has 1 aliphatic heterocycles. The standard InChI is InChI=1S/C17H23N3O2/c1-17(2,3)22-16(21)20-9-5-6-13(20)10-12-11-19-14-7-4-8-18-15(12)14/h4,7-8,11,13,19H,5-6,9-10H2,1-3H3/t13-/m1/s1. The summed E-state index contributed by atoms with van der Waals surface area (Å²) in [4.78, 5) is 21.9. The molecule has 3 rings (SSSR count). The summed E-state index contributed by atoms with van der Waals surface area (Å²) >= 11 is 0. The smallest absolute Gasteiger partial charge is 0.410 e. The molecular weight excluding hydrogens is 278 g/mol. The molecule has 1 aliphatic rings. The number of H-pyrrole nitrogens is 1. The zero-order valence-corrected chi connectivity index (χ0v) is 13.4. The van der Waals surface area contributed by atoms with Crippen LogP contribution in [0.2, 0.25) is 0 Å². The number of hydrogen-bond donors (Lipinski definition) is 1. The molecule has 5 heteroatoms. The van der Waals surface area contributed by atoms with Crippen LogP contribution in [-0.2, 0) is 11.2 Å². The van der Waals surface area contributed by atoms with Gasteiger partial charge in [0.2, 0.25) is 0 Å². The second-order valence-corrected chi connectivity index (χ2v) is 6.89. The van der Waals surface area contributed by atoms with Crippen LogP contribution in [0.3, 0.4) is 0 Å². The van der Waals surface area contributed by atoms with Gasteiger partial charge < -0.3 is 14.6 Å². The topological polar surface area (TPSA) is 58.2 Å². The Morgan fingerprint density at radius 1 is 1.50 bits per heavy atom. The summed E-state index contributed by atoms with van der Waals surface area (Å²) in [6, 6.07) is 4.13. The van der Waals surface area contributed by atoms with E-state index in [1.807, 2.05) is 44.0 Å². The molecule has 1 amide bonds. The lowest BCUT2D eigenvalue weighted by molar-refractivity contribution is 0.0227. The number of ether oxygens (including phenoxy) is 1. The molecule has 3 heterocycles. The fourth-order valence-corrected chi connectivity index (χ4v) is 3.03. The molecule has 5 nitrogen and oxygen atoms in total. The van der Waals surface area contributed by atoms with Crippen molar-refractivity contribution in [2.75, 3.05) is 6.54 Å². The Morgan fingerprint density at radius 2 is 2.32 bits per heavy atom. The van der Waals surface area contributed by atoms with Gasteiger partial charge in [0.15, 0.2) is 0 Å². The van der Waals surface area contributed by atoms with Gasteiger partial charge in [0, 0.05) is 25.0 Å². The first-order chi connectivity index (χ1) is 10.4. The molecule has 0 aromatic carbocycles. The van der Waals surface area contributed by atoms with Crippen LogP contribution in [0.15, 0.2) is 24.5 Å². The predicted molar refractivity (Wildman–Crippen MR) is 85.8 cm³/mol. The number of hydrogen-bond acceptors (Lipinski definition) is 3. The molecule has 1 N–H and O–H groups in total. The van der Waals surface area contributed by atoms with E-state index in [0.29, 0.717) is 0 Å². The third kappa shape index (κ3) is 3.08. The zero-order chi connectivity index (χ0) is 15.7. The molecule has 0 spiro atoms. The maximum absolute atomic E-state index is 12.3. The van der Waals surface area contributed by atoms with Gasteiger partial charge in [-0.25, -0.2) is 4.79 Å². The number of pyridine rings is 1. The fraction of sp³-hybridized carbons (Fsp3) is 0.529. The number of nitrogens with one attached hydrogen (secondary N) is 1. The van der Waals surface area contributed by atoms with Gasteiger partial charge in [-0.15, -0.1) is 0 Å². The average molecular weight is 301 g/mol. The van der Waals surface area contributed by atoms with Crippen molar-refractivity contribution >= 4 is 17.1 Å². The molecule has 2 aromatic rings. The normalized spacial score (nSPS) is 18.9. The van der Waals surface area contributed by atoms with E-state index in [1.165, 1.54) is 0 Å². The van der Waals surface area contributed by atoms with E-state index in [-0.39, 0.29) is 12.1 Å². The largest absolute Gasteiger partial charge is 0.444 e. The van der Waals surface area contributed by atoms with Crippen LogP contribution in [0.5, 0.6) is 0 Å². The summed E-state index contributed by atoms with van der Waals surface area (Å²) in [5, 5.41) is 0. The molecule has 2 aromatic heterocycles. The first-order valence-electron chi connectivity index (χ1n) is 7.84. The van der Waals surface area contributed by atoms with Crippen molar-refractivity contribution in [2.45, 2.75) is 51.7 Å². The van der Waals surface area contributed by atoms with Crippen LogP contribution < -0.4 is 0 Å². The third-order valence-corrected chi connectivity index (χ3v) is 3.97. The van der Waals surface area contributed by atoms with Crippen LogP contribution in [0.1, 0.15) is 39.2 Å². The summed E-state index contributed by atoms with van der Waals surface area (Å²) in [5.74, 6) is 0. The Hall–Kier alpha value is -2.04. The number of amides is 1. The van der Waals surface area contributed by atoms with Crippen molar-refractivity contribution in [3.05, 3.63) is 30.1 Å². The SMILES string of the molecule is CC(C)(C)OC(=O)N1CCC[C@@H]1Cc1c[nH]c2cccnc12. The van der Waals surface area contributed by atoms with Crippen molar-refractivity contribution < 1.29 is 9.53 Å². The number of aromatic amines is 1. The zero-order valence-electron chi connectivity index (χ0n) is 13.4. The Morgan fingerprint density at radius 3 is 3.09 bits per heavy atom. The van der Waals surface area contributed by atoms with Crippen LogP contribution >= 0.6 is 0 Å². The summed E-state index contributed by atoms with van der Waals surface area (Å²) in [6.45, 7) is 6.48. The first kappa shape index (κ1) is 14.9. The van der Waals surface area contributed by atoms with Crippen molar-refractivity contribution in [3.8, 4) is 0 Å². The van der Waals surface area contributed by atoms with E-state index >= 15 is 0 Å². The quantitative estimate of drug-likeness (QED) is 0.923. The lowest BCUT2D eigenvalue weighted by Gasteiger charge is -2.28. The highest BCUT2D eigenvalue weighted by Gasteiger charge is 2.32. The van der Waals surface area contributed by atoms with Gasteiger partial charge in [-0.2, -0.15) is 0 Å². The molecule has 0 unspecified atom stereocenters. The number of carbonyl (C=O) groups excluding carboxylic acids is 1. The van der Waals surface area contributed by atoms with Gasteiger partial charge in [-0.3, -0.25) is 4.98 Å². The van der Waals surface area contributed by atoms with E-state index in [0.717, 1.165) is 42.4 Å². The van der Waals surface area contributed by atoms with Crippen LogP contribution in [-0.4, -0.2) is 39.1 Å². The Labute approximate surface area is 130 Å². The minimum absolute atomic E-state index is 0.191. The van der Waals surface area contributed by atoms with E-state index in [2.05, 4.69) is 9.97 Å². The second-order valence-electron chi connectivity index (χ2n) is 6.89. The summed E-state index contributed by atoms with van der Waals surface area (Å²) in [6.07, 6.45) is 6.46. The minimum Gasteiger partial charge on any atom is -0.444 e. The minimum atomic E-state index is -0.452. The molecule has 1 fully saturated rings. The number of aromatic nitrogens is 2. The highest BCUT2D eigenvalue weighted by Crippen LogP contribution is 2.26. The average Bonchev–Trinajstić information content (AvgIpc) is 3.05. The molecule has 0 saturated carbocycles. The van der Waals surface area contributed by atoms with Crippen molar-refractivity contribution in [2.24, 2.45) is 0 Å². The van der Waals surface area contributed by atoms with Gasteiger partial charge >= 0.3 is 6.09 Å². The number of rotatable bonds is 2. The van der Waals surface area contributed by atoms with E-state index in [9.17, 15) is 4.79 Å². The van der Waals surface area contributed by atoms with E-state index in [4.69, 9.17) is 4.74 Å². The van der Waals surface area contributed by atoms with Crippen molar-refractivity contribution in [3.63, 3.8) is 0 Å². The molecule has 1 atom stereocenters. The van der Waals surface area contributed by atoms with Gasteiger partial charge in [-0.1, -0.05) is 0 Å². The highest BCUT2D eigenvalue weighted by molar-refractivity contribution is 5.78. The summed E-state index contributed by atoms with van der Waals surface area (Å²) in [7, 11) is 0. The van der Waals surface area contributed by atoms with Gasteiger partial charge in [0.05, 0.1) is 11.0 Å². The predicted octanol–water partition coefficient (Wildman–Crippen LogP) is 3.50. The Bertz CT molecular complexity index is 672. The molecule has 0 bridgehead atoms. The second kappa shape index (κ2) is 5.63. The van der Waals surface area contributed by atoms with Crippen LogP contribution in [0.25, 0.3) is 11.0 Å². The maximum Gasteiger partial charge on any atom is 0.410 e. The number of carbonyl (C=O) groups is 1. The van der Waals surface area contributed by atoms with E-state index < -0.39 is 5.60 Å². The molecule has 22 heavy (non-hydrogen) atoms. The lowest BCUT2D eigenvalue weighted by Crippen LogP contribution is -2.40. The molecule has 0 aliphatic carbocycles. The lowest BCUT2D eigenvalue weighted by atomic mass is 10.1.